The van der Waals surface area contributed by atoms with E-state index in [0.29, 0.717) is 36.1 Å². The Hall–Kier alpha value is -2.13. The molecule has 0 fully saturated rings. The number of fused-ring (bicyclic) bond motifs is 1. The van der Waals surface area contributed by atoms with Crippen molar-refractivity contribution >= 4 is 32.6 Å². The topological polar surface area (TPSA) is 83.0 Å². The molecule has 0 aliphatic carbocycles. The number of carbonyl (C=O) groups excluding carboxylic acids is 1. The number of nitrogen functional groups attached to an aromatic ring is 1. The third-order valence-electron chi connectivity index (χ3n) is 3.02. The van der Waals surface area contributed by atoms with Crippen molar-refractivity contribution in [3.05, 3.63) is 23.8 Å². The Morgan fingerprint density at radius 1 is 1.52 bits per heavy atom. The van der Waals surface area contributed by atoms with E-state index in [0.717, 1.165) is 10.2 Å². The molecule has 0 aliphatic heterocycles. The Labute approximate surface area is 128 Å². The Kier molecular flexibility index (Phi) is 4.76. The first-order valence-corrected chi connectivity index (χ1v) is 7.65. The van der Waals surface area contributed by atoms with Crippen molar-refractivity contribution in [3.8, 4) is 6.07 Å². The third kappa shape index (κ3) is 3.70. The second-order valence-electron chi connectivity index (χ2n) is 5.29. The number of nitrogens with two attached hydrogens (primary N) is 1. The van der Waals surface area contributed by atoms with E-state index in [-0.39, 0.29) is 5.91 Å². The summed E-state index contributed by atoms with van der Waals surface area (Å²) in [5.74, 6) is 0.309. The highest BCUT2D eigenvalue weighted by Gasteiger charge is 2.17. The SMILES string of the molecule is CC(C)CN(CCC#N)C(=O)c1ccc2nc(N)sc2c1. The highest BCUT2D eigenvalue weighted by Crippen LogP contribution is 2.25. The van der Waals surface area contributed by atoms with E-state index in [9.17, 15) is 4.79 Å². The molecule has 0 spiro atoms. The smallest absolute Gasteiger partial charge is 0.253 e. The highest BCUT2D eigenvalue weighted by atomic mass is 32.1. The van der Waals surface area contributed by atoms with Crippen molar-refractivity contribution in [1.82, 2.24) is 9.88 Å². The van der Waals surface area contributed by atoms with E-state index in [1.54, 1.807) is 11.0 Å². The van der Waals surface area contributed by atoms with Crippen molar-refractivity contribution in [1.29, 1.82) is 5.26 Å². The van der Waals surface area contributed by atoms with Gasteiger partial charge in [-0.1, -0.05) is 25.2 Å². The van der Waals surface area contributed by atoms with Crippen molar-refractivity contribution < 1.29 is 4.79 Å². The molecule has 0 saturated heterocycles. The Morgan fingerprint density at radius 2 is 2.29 bits per heavy atom. The summed E-state index contributed by atoms with van der Waals surface area (Å²) in [6.07, 6.45) is 0.341. The molecule has 2 rings (SSSR count). The first kappa shape index (κ1) is 15.3. The van der Waals surface area contributed by atoms with Crippen molar-refractivity contribution in [2.45, 2.75) is 20.3 Å². The first-order valence-electron chi connectivity index (χ1n) is 6.83. The Morgan fingerprint density at radius 3 is 2.95 bits per heavy atom. The third-order valence-corrected chi connectivity index (χ3v) is 3.87. The summed E-state index contributed by atoms with van der Waals surface area (Å²) < 4.78 is 0.906. The number of amides is 1. The molecule has 1 heterocycles. The minimum atomic E-state index is -0.0483. The van der Waals surface area contributed by atoms with Crippen molar-refractivity contribution in [2.24, 2.45) is 5.92 Å². The first-order chi connectivity index (χ1) is 10.0. The molecular formula is C15H18N4OS. The maximum atomic E-state index is 12.6. The molecular weight excluding hydrogens is 284 g/mol. The normalized spacial score (nSPS) is 10.8. The molecule has 1 aromatic carbocycles. The van der Waals surface area contributed by atoms with Crippen LogP contribution in [0.1, 0.15) is 30.6 Å². The van der Waals surface area contributed by atoms with E-state index in [1.807, 2.05) is 12.1 Å². The lowest BCUT2D eigenvalue weighted by molar-refractivity contribution is 0.0740. The van der Waals surface area contributed by atoms with E-state index in [1.165, 1.54) is 11.3 Å². The summed E-state index contributed by atoms with van der Waals surface area (Å²) in [4.78, 5) is 18.5. The van der Waals surface area contributed by atoms with Gasteiger partial charge in [0.05, 0.1) is 22.7 Å². The van der Waals surface area contributed by atoms with E-state index >= 15 is 0 Å². The second-order valence-corrected chi connectivity index (χ2v) is 6.35. The second kappa shape index (κ2) is 6.55. The number of anilines is 1. The molecule has 21 heavy (non-hydrogen) atoms. The number of rotatable bonds is 5. The lowest BCUT2D eigenvalue weighted by Gasteiger charge is -2.23. The quantitative estimate of drug-likeness (QED) is 0.920. The fraction of sp³-hybridized carbons (Fsp3) is 0.400. The lowest BCUT2D eigenvalue weighted by atomic mass is 10.1. The van der Waals surface area contributed by atoms with Crippen LogP contribution in [0.15, 0.2) is 18.2 Å². The average Bonchev–Trinajstić information content (AvgIpc) is 2.81. The minimum absolute atomic E-state index is 0.0483. The molecule has 0 bridgehead atoms. The van der Waals surface area contributed by atoms with E-state index < -0.39 is 0 Å². The minimum Gasteiger partial charge on any atom is -0.375 e. The molecule has 1 aromatic heterocycles. The Balaban J connectivity index is 2.26. The van der Waals surface area contributed by atoms with Crippen LogP contribution in [0.2, 0.25) is 0 Å². The van der Waals surface area contributed by atoms with Gasteiger partial charge in [-0.05, 0) is 24.1 Å². The number of aromatic nitrogens is 1. The van der Waals surface area contributed by atoms with Crippen LogP contribution in [0, 0.1) is 17.2 Å². The summed E-state index contributed by atoms with van der Waals surface area (Å²) in [5.41, 5.74) is 7.11. The standard InChI is InChI=1S/C15H18N4OS/c1-10(2)9-19(7-3-6-16)14(20)11-4-5-12-13(8-11)21-15(17)18-12/h4-5,8,10H,3,7,9H2,1-2H3,(H2,17,18). The maximum Gasteiger partial charge on any atom is 0.253 e. The van der Waals surface area contributed by atoms with Crippen LogP contribution in [-0.4, -0.2) is 28.9 Å². The predicted molar refractivity (Wildman–Crippen MR) is 85.0 cm³/mol. The molecule has 1 amide bonds. The van der Waals surface area contributed by atoms with Gasteiger partial charge in [0, 0.05) is 18.7 Å². The number of benzene rings is 1. The molecule has 0 radical (unpaired) electrons. The molecule has 0 aliphatic rings. The fourth-order valence-electron chi connectivity index (χ4n) is 2.16. The Bertz CT molecular complexity index is 687. The van der Waals surface area contributed by atoms with Crippen LogP contribution >= 0.6 is 11.3 Å². The highest BCUT2D eigenvalue weighted by molar-refractivity contribution is 7.22. The lowest BCUT2D eigenvalue weighted by Crippen LogP contribution is -2.35. The predicted octanol–water partition coefficient (Wildman–Crippen LogP) is 2.89. The monoisotopic (exact) mass is 302 g/mol. The number of nitrogens with zero attached hydrogens (tertiary/aromatic N) is 3. The number of thiazole rings is 1. The zero-order valence-electron chi connectivity index (χ0n) is 12.2. The number of carbonyl (C=O) groups is 1. The molecule has 6 heteroatoms. The fourth-order valence-corrected chi connectivity index (χ4v) is 2.93. The van der Waals surface area contributed by atoms with Gasteiger partial charge in [-0.25, -0.2) is 4.98 Å². The van der Waals surface area contributed by atoms with Crippen molar-refractivity contribution in [2.75, 3.05) is 18.8 Å². The zero-order chi connectivity index (χ0) is 15.4. The summed E-state index contributed by atoms with van der Waals surface area (Å²) in [5, 5.41) is 9.24. The zero-order valence-corrected chi connectivity index (χ0v) is 13.0. The van der Waals surface area contributed by atoms with Crippen LogP contribution in [0.3, 0.4) is 0 Å². The van der Waals surface area contributed by atoms with E-state index in [2.05, 4.69) is 24.9 Å². The number of nitriles is 1. The summed E-state index contributed by atoms with van der Waals surface area (Å²) in [7, 11) is 0. The average molecular weight is 302 g/mol. The largest absolute Gasteiger partial charge is 0.375 e. The van der Waals surface area contributed by atoms with Crippen LogP contribution in [0.4, 0.5) is 5.13 Å². The van der Waals surface area contributed by atoms with E-state index in [4.69, 9.17) is 11.0 Å². The van der Waals surface area contributed by atoms with Gasteiger partial charge >= 0.3 is 0 Å². The van der Waals surface area contributed by atoms with Crippen LogP contribution < -0.4 is 5.73 Å². The molecule has 5 nitrogen and oxygen atoms in total. The van der Waals surface area contributed by atoms with Gasteiger partial charge < -0.3 is 10.6 Å². The molecule has 0 saturated carbocycles. The molecule has 2 aromatic rings. The summed E-state index contributed by atoms with van der Waals surface area (Å²) in [6, 6.07) is 7.50. The van der Waals surface area contributed by atoms with Gasteiger partial charge in [0.15, 0.2) is 5.13 Å². The van der Waals surface area contributed by atoms with Gasteiger partial charge in [-0.15, -0.1) is 0 Å². The molecule has 110 valence electrons. The number of hydrogen-bond donors (Lipinski definition) is 1. The van der Waals surface area contributed by atoms with Gasteiger partial charge in [-0.3, -0.25) is 4.79 Å². The summed E-state index contributed by atoms with van der Waals surface area (Å²) in [6.45, 7) is 5.21. The molecule has 0 unspecified atom stereocenters. The number of hydrogen-bond acceptors (Lipinski definition) is 5. The van der Waals surface area contributed by atoms with Gasteiger partial charge in [0.1, 0.15) is 0 Å². The summed E-state index contributed by atoms with van der Waals surface area (Å²) >= 11 is 1.37. The maximum absolute atomic E-state index is 12.6. The van der Waals surface area contributed by atoms with Gasteiger partial charge in [0.2, 0.25) is 0 Å². The van der Waals surface area contributed by atoms with Crippen LogP contribution in [0.25, 0.3) is 10.2 Å². The van der Waals surface area contributed by atoms with Crippen LogP contribution in [0.5, 0.6) is 0 Å². The van der Waals surface area contributed by atoms with Gasteiger partial charge in [-0.2, -0.15) is 5.26 Å². The molecule has 2 N–H and O–H groups in total. The van der Waals surface area contributed by atoms with Crippen molar-refractivity contribution in [3.63, 3.8) is 0 Å². The van der Waals surface area contributed by atoms with Crippen LogP contribution in [-0.2, 0) is 0 Å². The van der Waals surface area contributed by atoms with Gasteiger partial charge in [0.25, 0.3) is 5.91 Å². The molecule has 0 atom stereocenters.